The Morgan fingerprint density at radius 3 is 2.77 bits per heavy atom. The highest BCUT2D eigenvalue weighted by Gasteiger charge is 2.18. The number of pyridine rings is 1. The second-order valence-corrected chi connectivity index (χ2v) is 8.09. The molecule has 0 radical (unpaired) electrons. The molecule has 0 spiro atoms. The topological polar surface area (TPSA) is 125 Å². The summed E-state index contributed by atoms with van der Waals surface area (Å²) in [6.45, 7) is 3.15. The second-order valence-electron chi connectivity index (χ2n) is 7.68. The number of hydrogen-bond donors (Lipinski definition) is 2. The number of benzene rings is 1. The zero-order valence-corrected chi connectivity index (χ0v) is 20.0. The summed E-state index contributed by atoms with van der Waals surface area (Å²) in [5.74, 6) is 1.40. The van der Waals surface area contributed by atoms with Crippen LogP contribution in [0.1, 0.15) is 23.0 Å². The number of aryl methyl sites for hydroxylation is 1. The van der Waals surface area contributed by atoms with E-state index in [1.54, 1.807) is 37.3 Å². The molecule has 1 amide bonds. The lowest BCUT2D eigenvalue weighted by atomic mass is 10.1. The summed E-state index contributed by atoms with van der Waals surface area (Å²) in [5, 5.41) is 22.2. The minimum atomic E-state index is -0.290. The first-order valence-electron chi connectivity index (χ1n) is 10.9. The molecule has 0 fully saturated rings. The van der Waals surface area contributed by atoms with Gasteiger partial charge < -0.3 is 15.4 Å². The Hall–Kier alpha value is -4.25. The normalized spacial score (nSPS) is 11.2. The van der Waals surface area contributed by atoms with Gasteiger partial charge in [0.1, 0.15) is 17.8 Å². The Balaban J connectivity index is 1.62. The number of anilines is 1. The van der Waals surface area contributed by atoms with E-state index in [-0.39, 0.29) is 11.6 Å². The van der Waals surface area contributed by atoms with E-state index in [9.17, 15) is 4.79 Å². The molecule has 0 saturated heterocycles. The third kappa shape index (κ3) is 3.99. The highest BCUT2D eigenvalue weighted by Crippen LogP contribution is 2.32. The molecule has 4 aromatic heterocycles. The predicted molar refractivity (Wildman–Crippen MR) is 132 cm³/mol. The summed E-state index contributed by atoms with van der Waals surface area (Å²) in [5.41, 5.74) is 1.97. The average Bonchev–Trinajstić information content (AvgIpc) is 3.54. The number of fused-ring (bicyclic) bond motifs is 3. The van der Waals surface area contributed by atoms with E-state index >= 15 is 0 Å². The summed E-state index contributed by atoms with van der Waals surface area (Å²) in [4.78, 5) is 20.8. The van der Waals surface area contributed by atoms with Crippen molar-refractivity contribution in [3.8, 4) is 11.6 Å². The molecule has 0 aliphatic rings. The smallest absolute Gasteiger partial charge is 0.271 e. The largest absolute Gasteiger partial charge is 0.495 e. The number of halogens is 1. The SMILES string of the molecule is CCn1ncc2c3c(NCc4ccc(OC)c(Cl)c4)nnc(-n4cnc(C(=O)NC)c4)c3cnc21. The molecule has 0 bridgehead atoms. The molecule has 0 aliphatic carbocycles. The third-order valence-electron chi connectivity index (χ3n) is 5.65. The maximum Gasteiger partial charge on any atom is 0.271 e. The molecule has 11 nitrogen and oxygen atoms in total. The minimum absolute atomic E-state index is 0.272. The summed E-state index contributed by atoms with van der Waals surface area (Å²) in [6, 6.07) is 5.60. The lowest BCUT2D eigenvalue weighted by Gasteiger charge is -2.13. The molecule has 5 aromatic rings. The first kappa shape index (κ1) is 22.5. The standard InChI is InChI=1S/C23H22ClN9O2/c1-4-33-21-15(10-29-33)19-14(9-27-21)22(32-11-17(28-12-32)23(34)25-2)31-30-20(19)26-8-13-5-6-18(35-3)16(24)7-13/h5-7,9-12H,4,8H2,1-3H3,(H,25,34)(H,26,30). The minimum Gasteiger partial charge on any atom is -0.495 e. The number of nitrogens with zero attached hydrogens (tertiary/aromatic N) is 7. The van der Waals surface area contributed by atoms with Gasteiger partial charge in [0.05, 0.1) is 23.7 Å². The van der Waals surface area contributed by atoms with Crippen molar-refractivity contribution in [1.29, 1.82) is 0 Å². The lowest BCUT2D eigenvalue weighted by Crippen LogP contribution is -2.18. The number of methoxy groups -OCH3 is 1. The molecule has 0 atom stereocenters. The van der Waals surface area contributed by atoms with Crippen LogP contribution in [0.4, 0.5) is 5.82 Å². The van der Waals surface area contributed by atoms with Crippen LogP contribution in [0.5, 0.6) is 5.75 Å². The maximum atomic E-state index is 12.0. The summed E-state index contributed by atoms with van der Waals surface area (Å²) >= 11 is 6.29. The lowest BCUT2D eigenvalue weighted by molar-refractivity contribution is 0.0958. The molecule has 0 unspecified atom stereocenters. The van der Waals surface area contributed by atoms with Crippen molar-refractivity contribution in [1.82, 2.24) is 39.8 Å². The molecule has 35 heavy (non-hydrogen) atoms. The van der Waals surface area contributed by atoms with Crippen molar-refractivity contribution in [3.05, 3.63) is 59.4 Å². The molecule has 0 aliphatic heterocycles. The van der Waals surface area contributed by atoms with E-state index in [4.69, 9.17) is 16.3 Å². The molecule has 2 N–H and O–H groups in total. The Kier molecular flexibility index (Phi) is 5.91. The summed E-state index contributed by atoms with van der Waals surface area (Å²) in [6.07, 6.45) is 6.65. The van der Waals surface area contributed by atoms with Gasteiger partial charge in [0.2, 0.25) is 0 Å². The monoisotopic (exact) mass is 491 g/mol. The fourth-order valence-electron chi connectivity index (χ4n) is 3.89. The number of carbonyl (C=O) groups excluding carboxylic acids is 1. The summed E-state index contributed by atoms with van der Waals surface area (Å²) in [7, 11) is 3.13. The van der Waals surface area contributed by atoms with Crippen LogP contribution in [-0.4, -0.2) is 54.6 Å². The van der Waals surface area contributed by atoms with E-state index in [2.05, 4.69) is 35.9 Å². The first-order valence-corrected chi connectivity index (χ1v) is 11.3. The zero-order chi connectivity index (χ0) is 24.5. The van der Waals surface area contributed by atoms with E-state index < -0.39 is 0 Å². The Labute approximate surface area is 205 Å². The van der Waals surface area contributed by atoms with Gasteiger partial charge in [0.25, 0.3) is 5.91 Å². The van der Waals surface area contributed by atoms with E-state index in [1.165, 1.54) is 6.33 Å². The van der Waals surface area contributed by atoms with Crippen molar-refractivity contribution < 1.29 is 9.53 Å². The fraction of sp³-hybridized carbons (Fsp3) is 0.217. The van der Waals surface area contributed by atoms with Crippen LogP contribution in [0, 0.1) is 0 Å². The highest BCUT2D eigenvalue weighted by atomic mass is 35.5. The Morgan fingerprint density at radius 1 is 1.17 bits per heavy atom. The van der Waals surface area contributed by atoms with Gasteiger partial charge in [-0.05, 0) is 24.6 Å². The number of aromatic nitrogens is 7. The highest BCUT2D eigenvalue weighted by molar-refractivity contribution is 6.32. The zero-order valence-electron chi connectivity index (χ0n) is 19.3. The fourth-order valence-corrected chi connectivity index (χ4v) is 4.17. The van der Waals surface area contributed by atoms with Gasteiger partial charge in [-0.1, -0.05) is 17.7 Å². The van der Waals surface area contributed by atoms with Crippen LogP contribution in [0.2, 0.25) is 5.02 Å². The molecular formula is C23H22ClN9O2. The quantitative estimate of drug-likeness (QED) is 0.355. The van der Waals surface area contributed by atoms with Gasteiger partial charge in [0, 0.05) is 43.3 Å². The van der Waals surface area contributed by atoms with Crippen LogP contribution >= 0.6 is 11.6 Å². The van der Waals surface area contributed by atoms with Crippen LogP contribution in [0.3, 0.4) is 0 Å². The van der Waals surface area contributed by atoms with Crippen molar-refractivity contribution in [3.63, 3.8) is 0 Å². The Morgan fingerprint density at radius 2 is 2.03 bits per heavy atom. The number of imidazole rings is 1. The van der Waals surface area contributed by atoms with Crippen molar-refractivity contribution in [2.45, 2.75) is 20.0 Å². The third-order valence-corrected chi connectivity index (χ3v) is 5.95. The molecule has 1 aromatic carbocycles. The number of nitrogens with one attached hydrogen (secondary N) is 2. The predicted octanol–water partition coefficient (Wildman–Crippen LogP) is 3.21. The molecule has 178 valence electrons. The second kappa shape index (κ2) is 9.18. The maximum absolute atomic E-state index is 12.0. The van der Waals surface area contributed by atoms with Gasteiger partial charge >= 0.3 is 0 Å². The molecule has 12 heteroatoms. The number of hydrogen-bond acceptors (Lipinski definition) is 8. The van der Waals surface area contributed by atoms with Gasteiger partial charge in [-0.15, -0.1) is 10.2 Å². The number of rotatable bonds is 7. The van der Waals surface area contributed by atoms with Crippen LogP contribution in [-0.2, 0) is 13.1 Å². The van der Waals surface area contributed by atoms with Gasteiger partial charge in [-0.3, -0.25) is 9.36 Å². The Bertz CT molecular complexity index is 1560. The van der Waals surface area contributed by atoms with Gasteiger partial charge in [-0.2, -0.15) is 5.10 Å². The van der Waals surface area contributed by atoms with Gasteiger partial charge in [-0.25, -0.2) is 14.6 Å². The number of ether oxygens (including phenoxy) is 1. The average molecular weight is 492 g/mol. The molecular weight excluding hydrogens is 470 g/mol. The first-order chi connectivity index (χ1) is 17.0. The van der Waals surface area contributed by atoms with Gasteiger partial charge in [0.15, 0.2) is 17.3 Å². The van der Waals surface area contributed by atoms with Crippen molar-refractivity contribution in [2.75, 3.05) is 19.5 Å². The van der Waals surface area contributed by atoms with Crippen molar-refractivity contribution >= 4 is 45.1 Å². The van der Waals surface area contributed by atoms with E-state index in [1.807, 2.05) is 29.8 Å². The number of carbonyl (C=O) groups is 1. The molecule has 4 heterocycles. The summed E-state index contributed by atoms with van der Waals surface area (Å²) < 4.78 is 8.72. The van der Waals surface area contributed by atoms with Crippen LogP contribution in [0.15, 0.2) is 43.1 Å². The number of amides is 1. The molecule has 0 saturated carbocycles. The van der Waals surface area contributed by atoms with Crippen molar-refractivity contribution in [2.24, 2.45) is 0 Å². The van der Waals surface area contributed by atoms with Crippen LogP contribution in [0.25, 0.3) is 27.6 Å². The molecule has 5 rings (SSSR count). The van der Waals surface area contributed by atoms with Crippen LogP contribution < -0.4 is 15.4 Å². The van der Waals surface area contributed by atoms with E-state index in [0.29, 0.717) is 35.5 Å². The van der Waals surface area contributed by atoms with E-state index in [0.717, 1.165) is 27.4 Å².